The minimum Gasteiger partial charge on any atom is -0.465 e. The van der Waals surface area contributed by atoms with E-state index in [2.05, 4.69) is 10.3 Å². The number of amides is 1. The van der Waals surface area contributed by atoms with Gasteiger partial charge in [0, 0.05) is 18.2 Å². The Morgan fingerprint density at radius 1 is 1.57 bits per heavy atom. The molecule has 21 heavy (non-hydrogen) atoms. The molecule has 1 amide bonds. The van der Waals surface area contributed by atoms with Crippen LogP contribution in [0.3, 0.4) is 0 Å². The molecular weight excluding hydrogens is 274 g/mol. The van der Waals surface area contributed by atoms with Crippen molar-refractivity contribution in [3.8, 4) is 0 Å². The van der Waals surface area contributed by atoms with Crippen molar-refractivity contribution in [3.63, 3.8) is 0 Å². The molecule has 4 atom stereocenters. The molecule has 0 aromatic carbocycles. The lowest BCUT2D eigenvalue weighted by molar-refractivity contribution is -0.176. The van der Waals surface area contributed by atoms with E-state index in [4.69, 9.17) is 15.6 Å². The largest absolute Gasteiger partial charge is 0.465 e. The molecule has 3 rings (SSSR count). The van der Waals surface area contributed by atoms with E-state index in [1.807, 2.05) is 0 Å². The summed E-state index contributed by atoms with van der Waals surface area (Å²) in [5, 5.41) is 22.2. The Kier molecular flexibility index (Phi) is 3.46. The summed E-state index contributed by atoms with van der Waals surface area (Å²) in [4.78, 5) is 15.0. The molecule has 2 fully saturated rings. The highest BCUT2D eigenvalue weighted by atomic mass is 16.5. The van der Waals surface area contributed by atoms with Crippen LogP contribution in [0.5, 0.6) is 0 Å². The van der Waals surface area contributed by atoms with Crippen molar-refractivity contribution in [1.29, 1.82) is 0 Å². The van der Waals surface area contributed by atoms with Gasteiger partial charge in [-0.2, -0.15) is 0 Å². The molecule has 0 bridgehead atoms. The van der Waals surface area contributed by atoms with Crippen molar-refractivity contribution in [2.24, 2.45) is 0 Å². The first-order chi connectivity index (χ1) is 10.0. The Morgan fingerprint density at radius 3 is 3.10 bits per heavy atom. The third kappa shape index (κ3) is 2.43. The van der Waals surface area contributed by atoms with Crippen molar-refractivity contribution in [2.45, 2.75) is 49.5 Å². The van der Waals surface area contributed by atoms with Crippen LogP contribution in [0.2, 0.25) is 0 Å². The number of hydrogen-bond donors (Lipinski definition) is 4. The summed E-state index contributed by atoms with van der Waals surface area (Å²) in [6.07, 6.45) is 3.76. The summed E-state index contributed by atoms with van der Waals surface area (Å²) >= 11 is 0. The number of carbonyl (C=O) groups is 1. The van der Waals surface area contributed by atoms with Gasteiger partial charge in [-0.05, 0) is 25.3 Å². The molecule has 1 aromatic rings. The van der Waals surface area contributed by atoms with Crippen LogP contribution >= 0.6 is 0 Å². The lowest BCUT2D eigenvalue weighted by atomic mass is 9.82. The molecule has 0 radical (unpaired) electrons. The van der Waals surface area contributed by atoms with Gasteiger partial charge in [-0.25, -0.2) is 4.79 Å². The molecule has 7 nitrogen and oxygen atoms in total. The van der Waals surface area contributed by atoms with Gasteiger partial charge in [0.25, 0.3) is 0 Å². The average Bonchev–Trinajstić information content (AvgIpc) is 2.81. The van der Waals surface area contributed by atoms with Crippen LogP contribution in [-0.4, -0.2) is 39.0 Å². The van der Waals surface area contributed by atoms with Crippen LogP contribution < -0.4 is 11.1 Å². The second kappa shape index (κ2) is 5.16. The SMILES string of the molecule is Nc1cnccc1[C@@H]1C[C@H](NC(=O)O)[C@]2(O)CCC[C@@H]2O1. The van der Waals surface area contributed by atoms with Crippen LogP contribution in [0.4, 0.5) is 10.5 Å². The molecule has 1 aliphatic carbocycles. The maximum absolute atomic E-state index is 11.0. The quantitative estimate of drug-likeness (QED) is 0.647. The van der Waals surface area contributed by atoms with E-state index < -0.39 is 17.7 Å². The molecule has 1 saturated carbocycles. The molecule has 2 aliphatic rings. The highest BCUT2D eigenvalue weighted by Crippen LogP contribution is 2.46. The van der Waals surface area contributed by atoms with E-state index in [0.717, 1.165) is 18.4 Å². The zero-order chi connectivity index (χ0) is 15.0. The number of pyridine rings is 1. The molecule has 5 N–H and O–H groups in total. The molecule has 1 aromatic heterocycles. The third-order valence-electron chi connectivity index (χ3n) is 4.51. The fourth-order valence-corrected chi connectivity index (χ4v) is 3.48. The van der Waals surface area contributed by atoms with Gasteiger partial charge >= 0.3 is 6.09 Å². The van der Waals surface area contributed by atoms with Gasteiger partial charge in [0.15, 0.2) is 0 Å². The van der Waals surface area contributed by atoms with Gasteiger partial charge < -0.3 is 26.0 Å². The van der Waals surface area contributed by atoms with Gasteiger partial charge in [-0.15, -0.1) is 0 Å². The summed E-state index contributed by atoms with van der Waals surface area (Å²) in [7, 11) is 0. The predicted octanol–water partition coefficient (Wildman–Crippen LogP) is 1.04. The molecule has 1 aliphatic heterocycles. The maximum atomic E-state index is 11.0. The number of carboxylic acid groups (broad SMARTS) is 1. The van der Waals surface area contributed by atoms with Crippen molar-refractivity contribution in [1.82, 2.24) is 10.3 Å². The van der Waals surface area contributed by atoms with Crippen LogP contribution in [0.25, 0.3) is 0 Å². The van der Waals surface area contributed by atoms with Crippen molar-refractivity contribution >= 4 is 11.8 Å². The summed E-state index contributed by atoms with van der Waals surface area (Å²) in [6, 6.07) is 1.21. The van der Waals surface area contributed by atoms with Gasteiger partial charge in [0.05, 0.1) is 30.1 Å². The molecule has 114 valence electrons. The second-order valence-electron chi connectivity index (χ2n) is 5.74. The highest BCUT2D eigenvalue weighted by Gasteiger charge is 2.53. The van der Waals surface area contributed by atoms with E-state index in [-0.39, 0.29) is 12.2 Å². The monoisotopic (exact) mass is 293 g/mol. The summed E-state index contributed by atoms with van der Waals surface area (Å²) in [6.45, 7) is 0. The number of nitrogens with zero attached hydrogens (tertiary/aromatic N) is 1. The number of nitrogens with one attached hydrogen (secondary N) is 1. The summed E-state index contributed by atoms with van der Waals surface area (Å²) in [5.41, 5.74) is 6.10. The van der Waals surface area contributed by atoms with Gasteiger partial charge in [0.1, 0.15) is 5.60 Å². The number of rotatable bonds is 2. The van der Waals surface area contributed by atoms with Crippen LogP contribution in [-0.2, 0) is 4.74 Å². The first-order valence-electron chi connectivity index (χ1n) is 7.07. The Bertz CT molecular complexity index is 553. The fourth-order valence-electron chi connectivity index (χ4n) is 3.48. The van der Waals surface area contributed by atoms with E-state index >= 15 is 0 Å². The van der Waals surface area contributed by atoms with E-state index in [0.29, 0.717) is 18.5 Å². The minimum atomic E-state index is -1.14. The van der Waals surface area contributed by atoms with Gasteiger partial charge in [-0.1, -0.05) is 0 Å². The van der Waals surface area contributed by atoms with Crippen LogP contribution in [0, 0.1) is 0 Å². The second-order valence-corrected chi connectivity index (χ2v) is 5.74. The van der Waals surface area contributed by atoms with Crippen molar-refractivity contribution < 1.29 is 19.7 Å². The third-order valence-corrected chi connectivity index (χ3v) is 4.51. The molecule has 2 heterocycles. The van der Waals surface area contributed by atoms with Crippen LogP contribution in [0.1, 0.15) is 37.4 Å². The molecule has 7 heteroatoms. The Hall–Kier alpha value is -1.86. The molecule has 0 unspecified atom stereocenters. The van der Waals surface area contributed by atoms with E-state index in [1.165, 1.54) is 0 Å². The summed E-state index contributed by atoms with van der Waals surface area (Å²) in [5.74, 6) is 0. The predicted molar refractivity (Wildman–Crippen MR) is 74.6 cm³/mol. The van der Waals surface area contributed by atoms with Crippen molar-refractivity contribution in [2.75, 3.05) is 5.73 Å². The number of aromatic nitrogens is 1. The first-order valence-corrected chi connectivity index (χ1v) is 7.07. The van der Waals surface area contributed by atoms with Crippen LogP contribution in [0.15, 0.2) is 18.5 Å². The fraction of sp³-hybridized carbons (Fsp3) is 0.571. The van der Waals surface area contributed by atoms with Gasteiger partial charge in [0.2, 0.25) is 0 Å². The van der Waals surface area contributed by atoms with Gasteiger partial charge in [-0.3, -0.25) is 4.98 Å². The summed E-state index contributed by atoms with van der Waals surface area (Å²) < 4.78 is 6.00. The maximum Gasteiger partial charge on any atom is 0.404 e. The van der Waals surface area contributed by atoms with Crippen molar-refractivity contribution in [3.05, 3.63) is 24.0 Å². The van der Waals surface area contributed by atoms with E-state index in [9.17, 15) is 9.90 Å². The normalized spacial score (nSPS) is 35.2. The number of fused-ring (bicyclic) bond motifs is 1. The lowest BCUT2D eigenvalue weighted by Crippen LogP contribution is -2.60. The zero-order valence-electron chi connectivity index (χ0n) is 11.5. The molecule has 1 saturated heterocycles. The van der Waals surface area contributed by atoms with E-state index in [1.54, 1.807) is 18.5 Å². The Balaban J connectivity index is 1.89. The number of nitrogens with two attached hydrogens (primary N) is 1. The Labute approximate surface area is 122 Å². The smallest absolute Gasteiger partial charge is 0.404 e. The Morgan fingerprint density at radius 2 is 2.38 bits per heavy atom. The molecular formula is C14H19N3O4. The lowest BCUT2D eigenvalue weighted by Gasteiger charge is -2.45. The average molecular weight is 293 g/mol. The number of aliphatic hydroxyl groups is 1. The zero-order valence-corrected chi connectivity index (χ0v) is 11.5. The number of ether oxygens (including phenoxy) is 1. The molecule has 0 spiro atoms. The standard InChI is InChI=1S/C14H19N3O4/c15-9-7-16-5-3-8(9)10-6-11(17-13(18)19)14(20)4-1-2-12(14)21-10/h3,5,7,10-12,17,20H,1-2,4,6,15H2,(H,18,19)/t10-,11-,12-,14+/m0/s1. The first kappa shape index (κ1) is 14.1. The topological polar surface area (TPSA) is 118 Å². The highest BCUT2D eigenvalue weighted by molar-refractivity contribution is 5.65. The minimum absolute atomic E-state index is 0.340. The number of anilines is 1. The number of nitrogen functional groups attached to an aromatic ring is 1. The number of hydrogen-bond acceptors (Lipinski definition) is 5.